The molecule has 0 unspecified atom stereocenters. The molecule has 0 radical (unpaired) electrons. The van der Waals surface area contributed by atoms with E-state index in [0.29, 0.717) is 15.3 Å². The van der Waals surface area contributed by atoms with Gasteiger partial charge in [0.1, 0.15) is 5.52 Å². The lowest BCUT2D eigenvalue weighted by Crippen LogP contribution is -1.77. The summed E-state index contributed by atoms with van der Waals surface area (Å²) in [6.07, 6.45) is 0. The molecule has 1 aromatic heterocycles. The fourth-order valence-electron chi connectivity index (χ4n) is 0.999. The second kappa shape index (κ2) is 2.71. The average molecular weight is 249 g/mol. The quantitative estimate of drug-likeness (QED) is 0.763. The van der Waals surface area contributed by atoms with Crippen LogP contribution in [-0.4, -0.2) is 9.97 Å². The lowest BCUT2D eigenvalue weighted by molar-refractivity contribution is 0.637. The van der Waals surface area contributed by atoms with E-state index in [9.17, 15) is 4.39 Å². The highest BCUT2D eigenvalue weighted by atomic mass is 79.9. The van der Waals surface area contributed by atoms with Gasteiger partial charge in [-0.05, 0) is 28.1 Å². The van der Waals surface area contributed by atoms with Crippen LogP contribution in [0.4, 0.5) is 4.39 Å². The van der Waals surface area contributed by atoms with E-state index in [0.717, 1.165) is 0 Å². The first-order valence-corrected chi connectivity index (χ1v) is 4.35. The minimum absolute atomic E-state index is 0.259. The van der Waals surface area contributed by atoms with E-state index in [4.69, 9.17) is 11.6 Å². The predicted octanol–water partition coefficient (Wildman–Crippen LogP) is 3.12. The number of H-pyrrole nitrogens is 1. The molecule has 1 N–H and O–H groups in total. The number of aromatic amines is 1. The van der Waals surface area contributed by atoms with Crippen LogP contribution in [0.25, 0.3) is 11.0 Å². The molecule has 0 aliphatic rings. The highest BCUT2D eigenvalue weighted by Crippen LogP contribution is 2.24. The van der Waals surface area contributed by atoms with Crippen LogP contribution in [0.3, 0.4) is 0 Å². The van der Waals surface area contributed by atoms with E-state index in [1.165, 1.54) is 12.1 Å². The fraction of sp³-hybridized carbons (Fsp3) is 0. The number of halogens is 3. The van der Waals surface area contributed by atoms with Crippen LogP contribution in [0.15, 0.2) is 16.9 Å². The van der Waals surface area contributed by atoms with Crippen molar-refractivity contribution >= 4 is 38.6 Å². The molecule has 1 aromatic carbocycles. The first kappa shape index (κ1) is 8.01. The molecule has 0 spiro atoms. The number of nitrogens with zero attached hydrogens (tertiary/aromatic N) is 1. The Morgan fingerprint density at radius 3 is 2.92 bits per heavy atom. The zero-order chi connectivity index (χ0) is 8.72. The van der Waals surface area contributed by atoms with Crippen LogP contribution in [0, 0.1) is 5.82 Å². The highest BCUT2D eigenvalue weighted by Gasteiger charge is 2.08. The summed E-state index contributed by atoms with van der Waals surface area (Å²) in [5.41, 5.74) is 0.776. The van der Waals surface area contributed by atoms with Crippen molar-refractivity contribution in [3.05, 3.63) is 27.7 Å². The Morgan fingerprint density at radius 2 is 2.25 bits per heavy atom. The van der Waals surface area contributed by atoms with Crippen molar-refractivity contribution in [1.29, 1.82) is 0 Å². The molecule has 0 bridgehead atoms. The van der Waals surface area contributed by atoms with Gasteiger partial charge in [0.25, 0.3) is 0 Å². The standard InChI is InChI=1S/C7H3BrClFN2/c8-7-11-5-3(9)1-2-4(10)6(5)12-7/h1-2H,(H,11,12). The molecule has 2 aromatic rings. The van der Waals surface area contributed by atoms with Gasteiger partial charge in [-0.15, -0.1) is 0 Å². The van der Waals surface area contributed by atoms with Crippen LogP contribution >= 0.6 is 27.5 Å². The topological polar surface area (TPSA) is 28.7 Å². The maximum absolute atomic E-state index is 13.0. The summed E-state index contributed by atoms with van der Waals surface area (Å²) in [5.74, 6) is -0.378. The third kappa shape index (κ3) is 1.11. The van der Waals surface area contributed by atoms with Crippen molar-refractivity contribution in [2.45, 2.75) is 0 Å². The summed E-state index contributed by atoms with van der Waals surface area (Å²) < 4.78 is 13.5. The van der Waals surface area contributed by atoms with Gasteiger partial charge in [0.2, 0.25) is 0 Å². The van der Waals surface area contributed by atoms with Crippen LogP contribution in [0.5, 0.6) is 0 Å². The van der Waals surface area contributed by atoms with E-state index in [1.54, 1.807) is 0 Å². The van der Waals surface area contributed by atoms with Gasteiger partial charge in [-0.1, -0.05) is 11.6 Å². The minimum Gasteiger partial charge on any atom is -0.331 e. The Labute approximate surface area is 80.9 Å². The summed E-state index contributed by atoms with van der Waals surface area (Å²) >= 11 is 8.88. The molecular weight excluding hydrogens is 246 g/mol. The minimum atomic E-state index is -0.378. The molecule has 0 aliphatic carbocycles. The van der Waals surface area contributed by atoms with E-state index < -0.39 is 0 Å². The number of hydrogen-bond donors (Lipinski definition) is 1. The summed E-state index contributed by atoms with van der Waals surface area (Å²) in [7, 11) is 0. The van der Waals surface area contributed by atoms with Gasteiger partial charge >= 0.3 is 0 Å². The third-order valence-electron chi connectivity index (χ3n) is 1.52. The van der Waals surface area contributed by atoms with E-state index in [1.807, 2.05) is 0 Å². The molecule has 12 heavy (non-hydrogen) atoms. The van der Waals surface area contributed by atoms with Crippen molar-refractivity contribution < 1.29 is 4.39 Å². The van der Waals surface area contributed by atoms with Crippen LogP contribution < -0.4 is 0 Å². The molecule has 0 saturated carbocycles. The largest absolute Gasteiger partial charge is 0.331 e. The molecule has 1 heterocycles. The molecule has 62 valence electrons. The predicted molar refractivity (Wildman–Crippen MR) is 48.8 cm³/mol. The van der Waals surface area contributed by atoms with Gasteiger partial charge < -0.3 is 4.98 Å². The first-order valence-electron chi connectivity index (χ1n) is 3.17. The molecule has 0 atom stereocenters. The molecule has 0 fully saturated rings. The molecule has 2 nitrogen and oxygen atoms in total. The second-order valence-corrected chi connectivity index (χ2v) is 3.44. The van der Waals surface area contributed by atoms with Crippen molar-refractivity contribution in [2.24, 2.45) is 0 Å². The van der Waals surface area contributed by atoms with Crippen molar-refractivity contribution in [2.75, 3.05) is 0 Å². The number of nitrogens with one attached hydrogen (secondary N) is 1. The van der Waals surface area contributed by atoms with Crippen LogP contribution in [0.2, 0.25) is 5.02 Å². The lowest BCUT2D eigenvalue weighted by atomic mass is 10.3. The molecule has 0 aliphatic heterocycles. The van der Waals surface area contributed by atoms with Crippen molar-refractivity contribution in [1.82, 2.24) is 9.97 Å². The number of hydrogen-bond acceptors (Lipinski definition) is 1. The Bertz CT molecular complexity index is 401. The maximum Gasteiger partial charge on any atom is 0.175 e. The normalized spacial score (nSPS) is 10.9. The summed E-state index contributed by atoms with van der Waals surface area (Å²) in [4.78, 5) is 6.68. The van der Waals surface area contributed by atoms with Crippen LogP contribution in [0.1, 0.15) is 0 Å². The number of fused-ring (bicyclic) bond motifs is 1. The smallest absolute Gasteiger partial charge is 0.175 e. The monoisotopic (exact) mass is 248 g/mol. The summed E-state index contributed by atoms with van der Waals surface area (Å²) in [6.45, 7) is 0. The third-order valence-corrected chi connectivity index (χ3v) is 2.21. The lowest BCUT2D eigenvalue weighted by Gasteiger charge is -1.91. The van der Waals surface area contributed by atoms with E-state index in [-0.39, 0.29) is 11.3 Å². The van der Waals surface area contributed by atoms with Gasteiger partial charge in [-0.25, -0.2) is 9.37 Å². The molecular formula is C7H3BrClFN2. The Morgan fingerprint density at radius 1 is 1.50 bits per heavy atom. The number of imidazole rings is 1. The second-order valence-electron chi connectivity index (χ2n) is 2.28. The summed E-state index contributed by atoms with van der Waals surface area (Å²) in [5, 5.41) is 0.463. The zero-order valence-corrected chi connectivity index (χ0v) is 8.08. The zero-order valence-electron chi connectivity index (χ0n) is 5.74. The SMILES string of the molecule is Fc1ccc(Cl)c2[nH]c(Br)nc12. The molecule has 0 amide bonds. The van der Waals surface area contributed by atoms with Gasteiger partial charge in [0.15, 0.2) is 10.6 Å². The highest BCUT2D eigenvalue weighted by molar-refractivity contribution is 9.10. The van der Waals surface area contributed by atoms with Gasteiger partial charge in [-0.2, -0.15) is 0 Å². The fourth-order valence-corrected chi connectivity index (χ4v) is 1.57. The van der Waals surface area contributed by atoms with Crippen molar-refractivity contribution in [3.63, 3.8) is 0 Å². The molecule has 5 heteroatoms. The molecule has 0 saturated heterocycles. The number of benzene rings is 1. The summed E-state index contributed by atoms with van der Waals surface area (Å²) in [6, 6.07) is 2.78. The van der Waals surface area contributed by atoms with E-state index in [2.05, 4.69) is 25.9 Å². The van der Waals surface area contributed by atoms with Crippen molar-refractivity contribution in [3.8, 4) is 0 Å². The van der Waals surface area contributed by atoms with Crippen LogP contribution in [-0.2, 0) is 0 Å². The van der Waals surface area contributed by atoms with Gasteiger partial charge in [-0.3, -0.25) is 0 Å². The first-order chi connectivity index (χ1) is 5.68. The number of aromatic nitrogens is 2. The number of rotatable bonds is 0. The Balaban J connectivity index is 2.93. The molecule has 2 rings (SSSR count). The average Bonchev–Trinajstić information content (AvgIpc) is 2.41. The van der Waals surface area contributed by atoms with E-state index >= 15 is 0 Å². The van der Waals surface area contributed by atoms with Gasteiger partial charge in [0, 0.05) is 0 Å². The Kier molecular flexibility index (Phi) is 1.81. The maximum atomic E-state index is 13.0. The Hall–Kier alpha value is -0.610. The van der Waals surface area contributed by atoms with Gasteiger partial charge in [0.05, 0.1) is 10.5 Å².